The first-order chi connectivity index (χ1) is 10.8. The second kappa shape index (κ2) is 6.56. The van der Waals surface area contributed by atoms with Gasteiger partial charge in [-0.3, -0.25) is 4.79 Å². The zero-order valence-electron chi connectivity index (χ0n) is 12.5. The summed E-state index contributed by atoms with van der Waals surface area (Å²) in [7, 11) is 3.20. The summed E-state index contributed by atoms with van der Waals surface area (Å²) in [5.74, 6) is -0.00467. The molecule has 0 spiro atoms. The Morgan fingerprint density at radius 1 is 1.32 bits per heavy atom. The summed E-state index contributed by atoms with van der Waals surface area (Å²) in [6.07, 6.45) is 1.000. The number of β-lactam (4-membered cyclic amide) rings is 1. The topological polar surface area (TPSA) is 51.7 Å². The van der Waals surface area contributed by atoms with E-state index < -0.39 is 6.10 Å². The fourth-order valence-electron chi connectivity index (χ4n) is 2.82. The minimum atomic E-state index is -0.474. The van der Waals surface area contributed by atoms with Crippen LogP contribution in [0.2, 0.25) is 0 Å². The molecule has 0 aliphatic carbocycles. The summed E-state index contributed by atoms with van der Waals surface area (Å²) >= 11 is 1.53. The number of methoxy groups -OCH3 is 2. The SMILES string of the molecule is CO[C@H](c1nccs1)[C@H]1[C@@H](OC)C(=O)N1Cc1ccccc1. The molecule has 0 radical (unpaired) electrons. The van der Waals surface area contributed by atoms with E-state index in [2.05, 4.69) is 4.98 Å². The Kier molecular flexibility index (Phi) is 4.52. The molecule has 0 N–H and O–H groups in total. The number of carbonyl (C=O) groups is 1. The van der Waals surface area contributed by atoms with Crippen molar-refractivity contribution in [1.82, 2.24) is 9.88 Å². The number of thiazole rings is 1. The zero-order chi connectivity index (χ0) is 15.5. The third-order valence-corrected chi connectivity index (χ3v) is 4.74. The van der Waals surface area contributed by atoms with Gasteiger partial charge >= 0.3 is 0 Å². The summed E-state index contributed by atoms with van der Waals surface area (Å²) in [5.41, 5.74) is 1.09. The van der Waals surface area contributed by atoms with Gasteiger partial charge in [-0.25, -0.2) is 4.98 Å². The van der Waals surface area contributed by atoms with E-state index in [0.717, 1.165) is 10.6 Å². The average Bonchev–Trinajstić information content (AvgIpc) is 3.08. The van der Waals surface area contributed by atoms with Crippen LogP contribution in [0.25, 0.3) is 0 Å². The summed E-state index contributed by atoms with van der Waals surface area (Å²) in [5, 5.41) is 2.77. The van der Waals surface area contributed by atoms with Gasteiger partial charge in [0.25, 0.3) is 5.91 Å². The van der Waals surface area contributed by atoms with Crippen molar-refractivity contribution in [3.8, 4) is 0 Å². The Morgan fingerprint density at radius 2 is 2.09 bits per heavy atom. The van der Waals surface area contributed by atoms with Gasteiger partial charge in [-0.1, -0.05) is 30.3 Å². The van der Waals surface area contributed by atoms with Gasteiger partial charge in [0.15, 0.2) is 6.10 Å². The first kappa shape index (κ1) is 15.1. The van der Waals surface area contributed by atoms with Crippen molar-refractivity contribution in [2.45, 2.75) is 24.8 Å². The highest BCUT2D eigenvalue weighted by Gasteiger charge is 2.52. The minimum Gasteiger partial charge on any atom is -0.372 e. The number of hydrogen-bond acceptors (Lipinski definition) is 5. The maximum atomic E-state index is 12.3. The van der Waals surface area contributed by atoms with Crippen LogP contribution in [-0.4, -0.2) is 42.2 Å². The lowest BCUT2D eigenvalue weighted by molar-refractivity contribution is -0.185. The standard InChI is InChI=1S/C16H18N2O3S/c1-20-13(15-17-8-9-22-15)12-14(21-2)16(19)18(12)10-11-6-4-3-5-7-11/h3-9,12-14H,10H2,1-2H3/t12-,13-,14+/m0/s1. The summed E-state index contributed by atoms with van der Waals surface area (Å²) in [6.45, 7) is 0.551. The molecule has 1 aromatic heterocycles. The average molecular weight is 318 g/mol. The minimum absolute atomic E-state index is 0.00467. The van der Waals surface area contributed by atoms with E-state index in [4.69, 9.17) is 9.47 Å². The molecule has 1 amide bonds. The van der Waals surface area contributed by atoms with Crippen LogP contribution < -0.4 is 0 Å². The van der Waals surface area contributed by atoms with Crippen molar-refractivity contribution < 1.29 is 14.3 Å². The molecule has 5 nitrogen and oxygen atoms in total. The van der Waals surface area contributed by atoms with Crippen LogP contribution >= 0.6 is 11.3 Å². The number of rotatable bonds is 6. The molecule has 2 aromatic rings. The number of amides is 1. The number of carbonyl (C=O) groups excluding carboxylic acids is 1. The number of likely N-dealkylation sites (tertiary alicyclic amines) is 1. The molecule has 1 aliphatic heterocycles. The van der Waals surface area contributed by atoms with Crippen molar-refractivity contribution in [3.05, 3.63) is 52.5 Å². The summed E-state index contributed by atoms with van der Waals surface area (Å²) < 4.78 is 11.0. The molecule has 1 saturated heterocycles. The third-order valence-electron chi connectivity index (χ3n) is 3.91. The maximum Gasteiger partial charge on any atom is 0.254 e. The van der Waals surface area contributed by atoms with Crippen LogP contribution in [-0.2, 0) is 20.8 Å². The molecule has 1 aliphatic rings. The van der Waals surface area contributed by atoms with Crippen molar-refractivity contribution >= 4 is 17.2 Å². The van der Waals surface area contributed by atoms with Crippen LogP contribution in [0.5, 0.6) is 0 Å². The lowest BCUT2D eigenvalue weighted by Crippen LogP contribution is -2.67. The molecule has 0 bridgehead atoms. The van der Waals surface area contributed by atoms with Gasteiger partial charge in [0, 0.05) is 32.3 Å². The molecule has 0 unspecified atom stereocenters. The fourth-order valence-corrected chi connectivity index (χ4v) is 3.58. The van der Waals surface area contributed by atoms with Gasteiger partial charge in [0.2, 0.25) is 0 Å². The van der Waals surface area contributed by atoms with Crippen molar-refractivity contribution in [3.63, 3.8) is 0 Å². The van der Waals surface area contributed by atoms with E-state index >= 15 is 0 Å². The Balaban J connectivity index is 1.83. The van der Waals surface area contributed by atoms with Crippen LogP contribution in [0.4, 0.5) is 0 Å². The quantitative estimate of drug-likeness (QED) is 0.767. The zero-order valence-corrected chi connectivity index (χ0v) is 13.3. The summed E-state index contributed by atoms with van der Waals surface area (Å²) in [4.78, 5) is 18.5. The van der Waals surface area contributed by atoms with Gasteiger partial charge in [-0.15, -0.1) is 11.3 Å². The first-order valence-electron chi connectivity index (χ1n) is 7.05. The van der Waals surface area contributed by atoms with E-state index in [1.165, 1.54) is 11.3 Å². The van der Waals surface area contributed by atoms with Crippen LogP contribution in [0.3, 0.4) is 0 Å². The number of hydrogen-bond donors (Lipinski definition) is 0. The van der Waals surface area contributed by atoms with Crippen molar-refractivity contribution in [2.24, 2.45) is 0 Å². The van der Waals surface area contributed by atoms with Gasteiger partial charge < -0.3 is 14.4 Å². The van der Waals surface area contributed by atoms with Gasteiger partial charge in [0.1, 0.15) is 17.2 Å². The molecule has 1 fully saturated rings. The maximum absolute atomic E-state index is 12.3. The van der Waals surface area contributed by atoms with E-state index in [-0.39, 0.29) is 18.1 Å². The van der Waals surface area contributed by atoms with Gasteiger partial charge in [-0.2, -0.15) is 0 Å². The second-order valence-corrected chi connectivity index (χ2v) is 6.05. The molecule has 1 aromatic carbocycles. The number of nitrogens with zero attached hydrogens (tertiary/aromatic N) is 2. The van der Waals surface area contributed by atoms with Crippen molar-refractivity contribution in [2.75, 3.05) is 14.2 Å². The molecule has 2 heterocycles. The Bertz CT molecular complexity index is 618. The molecule has 3 atom stereocenters. The molecule has 116 valence electrons. The lowest BCUT2D eigenvalue weighted by atomic mass is 9.91. The predicted octanol–water partition coefficient (Wildman–Crippen LogP) is 2.26. The molecular weight excluding hydrogens is 300 g/mol. The molecule has 6 heteroatoms. The Labute approximate surface area is 133 Å². The highest BCUT2D eigenvalue weighted by molar-refractivity contribution is 7.09. The van der Waals surface area contributed by atoms with Crippen molar-refractivity contribution in [1.29, 1.82) is 0 Å². The molecule has 3 rings (SSSR count). The normalized spacial score (nSPS) is 22.5. The van der Waals surface area contributed by atoms with E-state index in [0.29, 0.717) is 6.54 Å². The Hall–Kier alpha value is -1.76. The number of ether oxygens (including phenoxy) is 2. The highest BCUT2D eigenvalue weighted by Crippen LogP contribution is 2.37. The van der Waals surface area contributed by atoms with Crippen LogP contribution in [0, 0.1) is 0 Å². The second-order valence-electron chi connectivity index (χ2n) is 5.13. The van der Waals surface area contributed by atoms with E-state index in [9.17, 15) is 4.79 Å². The Morgan fingerprint density at radius 3 is 2.68 bits per heavy atom. The predicted molar refractivity (Wildman–Crippen MR) is 83.4 cm³/mol. The monoisotopic (exact) mass is 318 g/mol. The van der Waals surface area contributed by atoms with Gasteiger partial charge in [0.05, 0.1) is 0 Å². The lowest BCUT2D eigenvalue weighted by Gasteiger charge is -2.48. The third kappa shape index (κ3) is 2.65. The summed E-state index contributed by atoms with van der Waals surface area (Å²) in [6, 6.07) is 9.76. The largest absolute Gasteiger partial charge is 0.372 e. The number of benzene rings is 1. The van der Waals surface area contributed by atoms with E-state index in [1.54, 1.807) is 25.3 Å². The van der Waals surface area contributed by atoms with Gasteiger partial charge in [-0.05, 0) is 5.56 Å². The molecular formula is C16H18N2O3S. The van der Waals surface area contributed by atoms with Crippen LogP contribution in [0.15, 0.2) is 41.9 Å². The molecule has 0 saturated carbocycles. The smallest absolute Gasteiger partial charge is 0.254 e. The van der Waals surface area contributed by atoms with Crippen LogP contribution in [0.1, 0.15) is 16.7 Å². The fraction of sp³-hybridized carbons (Fsp3) is 0.375. The first-order valence-corrected chi connectivity index (χ1v) is 7.93. The highest BCUT2D eigenvalue weighted by atomic mass is 32.1. The van der Waals surface area contributed by atoms with E-state index in [1.807, 2.05) is 35.7 Å². The number of aromatic nitrogens is 1. The molecule has 22 heavy (non-hydrogen) atoms.